The van der Waals surface area contributed by atoms with Crippen molar-refractivity contribution in [2.24, 2.45) is 7.05 Å². The molecule has 0 unspecified atom stereocenters. The van der Waals surface area contributed by atoms with E-state index in [1.54, 1.807) is 10.9 Å². The van der Waals surface area contributed by atoms with Gasteiger partial charge in [0.05, 0.1) is 25.3 Å². The Bertz CT molecular complexity index is 732. The molecular weight excluding hydrogens is 313 g/mol. The normalized spacial score (nSPS) is 20.1. The summed E-state index contributed by atoms with van der Waals surface area (Å²) >= 11 is 0. The quantitative estimate of drug-likeness (QED) is 0.905. The van der Waals surface area contributed by atoms with Gasteiger partial charge in [-0.05, 0) is 30.7 Å². The maximum absolute atomic E-state index is 13.4. The van der Waals surface area contributed by atoms with Gasteiger partial charge in [0.1, 0.15) is 17.7 Å². The molecular formula is C17H20FN3O3. The minimum Gasteiger partial charge on any atom is -0.496 e. The van der Waals surface area contributed by atoms with Crippen LogP contribution in [-0.4, -0.2) is 35.4 Å². The molecule has 1 saturated heterocycles. The molecule has 3 rings (SSSR count). The third-order valence-electron chi connectivity index (χ3n) is 4.18. The Labute approximate surface area is 139 Å². The van der Waals surface area contributed by atoms with Crippen molar-refractivity contribution in [3.8, 4) is 5.75 Å². The van der Waals surface area contributed by atoms with E-state index in [0.717, 1.165) is 12.1 Å². The number of nitrogens with zero attached hydrogens (tertiary/aromatic N) is 2. The standard InChI is InChI=1S/C17H20FN3O3/c1-21-14(5-7-19-21)17-13(6-8-24-17)20-16(22)10-11-9-12(18)3-4-15(11)23-2/h3-5,7,9,13,17H,6,8,10H2,1-2H3,(H,20,22)/t13-,17-/m0/s1. The highest BCUT2D eigenvalue weighted by molar-refractivity contribution is 5.79. The Kier molecular flexibility index (Phi) is 4.80. The van der Waals surface area contributed by atoms with Crippen molar-refractivity contribution in [3.05, 3.63) is 47.5 Å². The van der Waals surface area contributed by atoms with Gasteiger partial charge in [-0.1, -0.05) is 0 Å². The number of hydrogen-bond acceptors (Lipinski definition) is 4. The predicted molar refractivity (Wildman–Crippen MR) is 85.1 cm³/mol. The molecule has 6 nitrogen and oxygen atoms in total. The van der Waals surface area contributed by atoms with Crippen LogP contribution in [0.5, 0.6) is 5.75 Å². The third kappa shape index (κ3) is 3.41. The molecule has 2 heterocycles. The van der Waals surface area contributed by atoms with Gasteiger partial charge in [-0.2, -0.15) is 5.10 Å². The van der Waals surface area contributed by atoms with E-state index in [1.165, 1.54) is 25.3 Å². The van der Waals surface area contributed by atoms with Crippen molar-refractivity contribution in [2.45, 2.75) is 25.0 Å². The second kappa shape index (κ2) is 7.00. The number of amides is 1. The molecule has 0 aliphatic carbocycles. The Balaban J connectivity index is 1.69. The number of benzene rings is 1. The molecule has 1 aliphatic heterocycles. The number of nitrogens with one attached hydrogen (secondary N) is 1. The van der Waals surface area contributed by atoms with Crippen LogP contribution in [0.2, 0.25) is 0 Å². The van der Waals surface area contributed by atoms with Crippen molar-refractivity contribution in [1.29, 1.82) is 0 Å². The van der Waals surface area contributed by atoms with Crippen LogP contribution in [0, 0.1) is 5.82 Å². The Hall–Kier alpha value is -2.41. The average Bonchev–Trinajstić information content (AvgIpc) is 3.16. The first-order valence-electron chi connectivity index (χ1n) is 7.79. The zero-order valence-electron chi connectivity index (χ0n) is 13.7. The van der Waals surface area contributed by atoms with Crippen LogP contribution >= 0.6 is 0 Å². The summed E-state index contributed by atoms with van der Waals surface area (Å²) in [6, 6.07) is 5.90. The van der Waals surface area contributed by atoms with Crippen LogP contribution in [0.15, 0.2) is 30.5 Å². The van der Waals surface area contributed by atoms with Gasteiger partial charge in [0.15, 0.2) is 0 Å². The van der Waals surface area contributed by atoms with Gasteiger partial charge in [-0.25, -0.2) is 4.39 Å². The summed E-state index contributed by atoms with van der Waals surface area (Å²) in [5.74, 6) is -0.0884. The van der Waals surface area contributed by atoms with Crippen molar-refractivity contribution < 1.29 is 18.7 Å². The number of ether oxygens (including phenoxy) is 2. The fraction of sp³-hybridized carbons (Fsp3) is 0.412. The van der Waals surface area contributed by atoms with Crippen LogP contribution in [0.25, 0.3) is 0 Å². The van der Waals surface area contributed by atoms with E-state index >= 15 is 0 Å². The minimum atomic E-state index is -0.393. The molecule has 0 radical (unpaired) electrons. The molecule has 1 aromatic carbocycles. The fourth-order valence-electron chi connectivity index (χ4n) is 3.01. The molecule has 24 heavy (non-hydrogen) atoms. The van der Waals surface area contributed by atoms with E-state index < -0.39 is 5.82 Å². The first-order valence-corrected chi connectivity index (χ1v) is 7.79. The second-order valence-corrected chi connectivity index (χ2v) is 5.77. The van der Waals surface area contributed by atoms with Crippen molar-refractivity contribution in [3.63, 3.8) is 0 Å². The highest BCUT2D eigenvalue weighted by atomic mass is 19.1. The van der Waals surface area contributed by atoms with Crippen molar-refractivity contribution >= 4 is 5.91 Å². The van der Waals surface area contributed by atoms with Gasteiger partial charge in [-0.3, -0.25) is 9.48 Å². The van der Waals surface area contributed by atoms with Gasteiger partial charge in [-0.15, -0.1) is 0 Å². The van der Waals surface area contributed by atoms with Gasteiger partial charge >= 0.3 is 0 Å². The van der Waals surface area contributed by atoms with Crippen LogP contribution < -0.4 is 10.1 Å². The number of carbonyl (C=O) groups excluding carboxylic acids is 1. The molecule has 1 aliphatic rings. The number of rotatable bonds is 5. The van der Waals surface area contributed by atoms with Crippen LogP contribution in [0.4, 0.5) is 4.39 Å². The Morgan fingerprint density at radius 2 is 2.33 bits per heavy atom. The summed E-state index contributed by atoms with van der Waals surface area (Å²) in [4.78, 5) is 12.4. The third-order valence-corrected chi connectivity index (χ3v) is 4.18. The minimum absolute atomic E-state index is 0.0511. The highest BCUT2D eigenvalue weighted by Crippen LogP contribution is 2.29. The van der Waals surface area contributed by atoms with Gasteiger partial charge in [0.25, 0.3) is 0 Å². The summed E-state index contributed by atoms with van der Waals surface area (Å²) in [6.07, 6.45) is 2.25. The molecule has 7 heteroatoms. The second-order valence-electron chi connectivity index (χ2n) is 5.77. The van der Waals surface area contributed by atoms with Crippen LogP contribution in [0.1, 0.15) is 23.8 Å². The molecule has 2 atom stereocenters. The lowest BCUT2D eigenvalue weighted by Gasteiger charge is -2.20. The number of carbonyl (C=O) groups is 1. The van der Waals surface area contributed by atoms with Gasteiger partial charge in [0.2, 0.25) is 5.91 Å². The van der Waals surface area contributed by atoms with E-state index in [-0.39, 0.29) is 24.5 Å². The van der Waals surface area contributed by atoms with Gasteiger partial charge in [0, 0.05) is 25.4 Å². The SMILES string of the molecule is COc1ccc(F)cc1CC(=O)N[C@H]1CCO[C@@H]1c1ccnn1C. The van der Waals surface area contributed by atoms with Crippen LogP contribution in [-0.2, 0) is 23.0 Å². The zero-order valence-corrected chi connectivity index (χ0v) is 13.7. The van der Waals surface area contributed by atoms with E-state index in [9.17, 15) is 9.18 Å². The average molecular weight is 333 g/mol. The van der Waals surface area contributed by atoms with E-state index in [1.807, 2.05) is 13.1 Å². The molecule has 128 valence electrons. The molecule has 0 saturated carbocycles. The van der Waals surface area contributed by atoms with E-state index in [2.05, 4.69) is 10.4 Å². The molecule has 1 aromatic heterocycles. The maximum Gasteiger partial charge on any atom is 0.224 e. The summed E-state index contributed by atoms with van der Waals surface area (Å²) < 4.78 is 26.1. The number of halogens is 1. The lowest BCUT2D eigenvalue weighted by molar-refractivity contribution is -0.121. The summed E-state index contributed by atoms with van der Waals surface area (Å²) in [5, 5.41) is 7.12. The number of aromatic nitrogens is 2. The van der Waals surface area contributed by atoms with Crippen molar-refractivity contribution in [2.75, 3.05) is 13.7 Å². The number of hydrogen-bond donors (Lipinski definition) is 1. The highest BCUT2D eigenvalue weighted by Gasteiger charge is 2.32. The molecule has 1 fully saturated rings. The lowest BCUT2D eigenvalue weighted by atomic mass is 10.1. The monoisotopic (exact) mass is 333 g/mol. The lowest BCUT2D eigenvalue weighted by Crippen LogP contribution is -2.38. The first kappa shape index (κ1) is 16.4. The molecule has 1 N–H and O–H groups in total. The Morgan fingerprint density at radius 3 is 3.04 bits per heavy atom. The molecule has 2 aromatic rings. The topological polar surface area (TPSA) is 65.4 Å². The predicted octanol–water partition coefficient (Wildman–Crippen LogP) is 1.76. The summed E-state index contributed by atoms with van der Waals surface area (Å²) in [6.45, 7) is 0.573. The first-order chi connectivity index (χ1) is 11.6. The summed E-state index contributed by atoms with van der Waals surface area (Å²) in [7, 11) is 3.34. The van der Waals surface area contributed by atoms with Crippen LogP contribution in [0.3, 0.4) is 0 Å². The number of aryl methyl sites for hydroxylation is 1. The fourth-order valence-corrected chi connectivity index (χ4v) is 3.01. The maximum atomic E-state index is 13.4. The van der Waals surface area contributed by atoms with E-state index in [4.69, 9.17) is 9.47 Å². The molecule has 0 bridgehead atoms. The molecule has 0 spiro atoms. The molecule has 1 amide bonds. The zero-order chi connectivity index (χ0) is 17.1. The van der Waals surface area contributed by atoms with Crippen molar-refractivity contribution in [1.82, 2.24) is 15.1 Å². The van der Waals surface area contributed by atoms with Gasteiger partial charge < -0.3 is 14.8 Å². The van der Waals surface area contributed by atoms with E-state index in [0.29, 0.717) is 17.9 Å². The largest absolute Gasteiger partial charge is 0.496 e. The smallest absolute Gasteiger partial charge is 0.224 e. The Morgan fingerprint density at radius 1 is 1.50 bits per heavy atom. The summed E-state index contributed by atoms with van der Waals surface area (Å²) in [5.41, 5.74) is 1.44. The number of methoxy groups -OCH3 is 1.